The number of alkyl halides is 6. The Morgan fingerprint density at radius 2 is 1.56 bits per heavy atom. The average Bonchev–Trinajstić information content (AvgIpc) is 2.94. The van der Waals surface area contributed by atoms with E-state index in [9.17, 15) is 26.3 Å². The highest BCUT2D eigenvalue weighted by Gasteiger charge is 2.37. The molecule has 2 aromatic carbocycles. The molecule has 0 aliphatic carbocycles. The molecule has 1 fully saturated rings. The second-order valence-electron chi connectivity index (χ2n) is 10.00. The number of aromatic nitrogens is 2. The number of anilines is 2. The molecule has 41 heavy (non-hydrogen) atoms. The number of morpholine rings is 1. The molecule has 3 aromatic rings. The lowest BCUT2D eigenvalue weighted by atomic mass is 9.68. The fourth-order valence-corrected chi connectivity index (χ4v) is 4.49. The van der Waals surface area contributed by atoms with Crippen molar-refractivity contribution in [2.45, 2.75) is 38.7 Å². The molecule has 0 amide bonds. The molecule has 1 aromatic heterocycles. The van der Waals surface area contributed by atoms with Gasteiger partial charge in [-0.2, -0.15) is 26.3 Å². The predicted octanol–water partition coefficient (Wildman–Crippen LogP) is 5.48. The highest BCUT2D eigenvalue weighted by Crippen LogP contribution is 2.36. The Kier molecular flexibility index (Phi) is 9.36. The largest absolute Gasteiger partial charge is 0.497 e. The summed E-state index contributed by atoms with van der Waals surface area (Å²) in [6, 6.07) is 7.27. The van der Waals surface area contributed by atoms with Crippen LogP contribution in [0.2, 0.25) is 0 Å². The van der Waals surface area contributed by atoms with Gasteiger partial charge < -0.3 is 19.3 Å². The lowest BCUT2D eigenvalue weighted by molar-refractivity contribution is -0.143. The zero-order valence-electron chi connectivity index (χ0n) is 22.9. The first-order valence-corrected chi connectivity index (χ1v) is 13.0. The van der Waals surface area contributed by atoms with Crippen molar-refractivity contribution in [1.82, 2.24) is 9.97 Å². The van der Waals surface area contributed by atoms with E-state index in [2.05, 4.69) is 9.97 Å². The molecular formula is C28H30BF6N4O2. The number of methoxy groups -OCH3 is 1. The first-order chi connectivity index (χ1) is 19.3. The van der Waals surface area contributed by atoms with Crippen LogP contribution in [0.5, 0.6) is 5.75 Å². The highest BCUT2D eigenvalue weighted by molar-refractivity contribution is 6.55. The van der Waals surface area contributed by atoms with Gasteiger partial charge in [-0.25, -0.2) is 9.97 Å². The zero-order valence-corrected chi connectivity index (χ0v) is 22.9. The van der Waals surface area contributed by atoms with Crippen LogP contribution in [-0.2, 0) is 23.6 Å². The standard InChI is InChI=1S/C28H30BF6N4O2/c1-18(2)20-4-5-25(40-3)24(12-20)29-17-39(26-36-14-23(15-37-26)38-6-8-41-9-7-38)16-19-10-21(27(30,31)32)13-22(11-19)28(33,34)35/h4-5,10-15,18H,6-9,16-17H2,1-3H3. The molecule has 0 unspecified atom stereocenters. The maximum atomic E-state index is 13.5. The Balaban J connectivity index is 1.68. The van der Waals surface area contributed by atoms with Crippen molar-refractivity contribution < 1.29 is 35.8 Å². The third-order valence-corrected chi connectivity index (χ3v) is 6.76. The Morgan fingerprint density at radius 3 is 2.10 bits per heavy atom. The van der Waals surface area contributed by atoms with Gasteiger partial charge in [0.1, 0.15) is 5.75 Å². The van der Waals surface area contributed by atoms with Gasteiger partial charge in [-0.15, -0.1) is 0 Å². The summed E-state index contributed by atoms with van der Waals surface area (Å²) in [6.45, 7) is 6.18. The monoisotopic (exact) mass is 579 g/mol. The number of halogens is 6. The number of hydrogen-bond acceptors (Lipinski definition) is 6. The second kappa shape index (κ2) is 12.6. The molecule has 1 radical (unpaired) electrons. The van der Waals surface area contributed by atoms with Gasteiger partial charge in [0, 0.05) is 19.6 Å². The van der Waals surface area contributed by atoms with Crippen LogP contribution < -0.4 is 20.0 Å². The van der Waals surface area contributed by atoms with Crippen LogP contribution in [0.25, 0.3) is 0 Å². The van der Waals surface area contributed by atoms with Crippen molar-refractivity contribution >= 4 is 24.4 Å². The zero-order chi connectivity index (χ0) is 29.8. The Bertz CT molecular complexity index is 1280. The topological polar surface area (TPSA) is 50.7 Å². The summed E-state index contributed by atoms with van der Waals surface area (Å²) in [5, 5.41) is 0. The van der Waals surface area contributed by atoms with Gasteiger partial charge in [0.15, 0.2) is 7.28 Å². The van der Waals surface area contributed by atoms with Crippen molar-refractivity contribution in [3.05, 3.63) is 71.0 Å². The van der Waals surface area contributed by atoms with Crippen LogP contribution in [0.3, 0.4) is 0 Å². The van der Waals surface area contributed by atoms with Crippen molar-refractivity contribution in [3.63, 3.8) is 0 Å². The Morgan fingerprint density at radius 1 is 0.951 bits per heavy atom. The minimum Gasteiger partial charge on any atom is -0.497 e. The SMILES string of the molecule is COc1ccc(C(C)C)cc1[B]CN(Cc1cc(C(F)(F)F)cc(C(F)(F)F)c1)c1ncc(N2CCOCC2)cn1. The normalized spacial score (nSPS) is 14.3. The van der Waals surface area contributed by atoms with Gasteiger partial charge in [0.25, 0.3) is 0 Å². The smallest absolute Gasteiger partial charge is 0.416 e. The van der Waals surface area contributed by atoms with E-state index in [-0.39, 0.29) is 36.5 Å². The van der Waals surface area contributed by atoms with Crippen LogP contribution in [0.4, 0.5) is 38.0 Å². The summed E-state index contributed by atoms with van der Waals surface area (Å²) in [4.78, 5) is 12.4. The van der Waals surface area contributed by atoms with E-state index >= 15 is 0 Å². The van der Waals surface area contributed by atoms with Crippen LogP contribution in [0, 0.1) is 0 Å². The van der Waals surface area contributed by atoms with Gasteiger partial charge in [0.05, 0.1) is 49.5 Å². The van der Waals surface area contributed by atoms with Crippen LogP contribution in [0.15, 0.2) is 48.8 Å². The molecule has 0 bridgehead atoms. The maximum absolute atomic E-state index is 13.5. The van der Waals surface area contributed by atoms with E-state index in [0.29, 0.717) is 32.1 Å². The molecule has 1 saturated heterocycles. The fraction of sp³-hybridized carbons (Fsp3) is 0.429. The number of rotatable bonds is 9. The molecule has 0 N–H and O–H groups in total. The molecule has 13 heteroatoms. The quantitative estimate of drug-likeness (QED) is 0.248. The van der Waals surface area contributed by atoms with E-state index in [1.54, 1.807) is 19.7 Å². The molecule has 0 atom stereocenters. The average molecular weight is 579 g/mol. The molecule has 4 rings (SSSR count). The third kappa shape index (κ3) is 7.84. The van der Waals surface area contributed by atoms with Gasteiger partial charge in [-0.05, 0) is 53.2 Å². The first kappa shape index (κ1) is 30.5. The second-order valence-corrected chi connectivity index (χ2v) is 10.00. The van der Waals surface area contributed by atoms with E-state index in [4.69, 9.17) is 9.47 Å². The number of hydrogen-bond donors (Lipinski definition) is 0. The Hall–Kier alpha value is -3.48. The van der Waals surface area contributed by atoms with Crippen molar-refractivity contribution in [1.29, 1.82) is 0 Å². The van der Waals surface area contributed by atoms with Gasteiger partial charge in [-0.3, -0.25) is 0 Å². The van der Waals surface area contributed by atoms with Crippen LogP contribution in [0.1, 0.15) is 42.0 Å². The lowest BCUT2D eigenvalue weighted by Crippen LogP contribution is -2.37. The van der Waals surface area contributed by atoms with Gasteiger partial charge >= 0.3 is 12.4 Å². The van der Waals surface area contributed by atoms with Crippen molar-refractivity contribution in [2.75, 3.05) is 49.7 Å². The maximum Gasteiger partial charge on any atom is 0.416 e. The number of benzene rings is 2. The van der Waals surface area contributed by atoms with Gasteiger partial charge in [-0.1, -0.05) is 26.0 Å². The fourth-order valence-electron chi connectivity index (χ4n) is 4.49. The van der Waals surface area contributed by atoms with Gasteiger partial charge in [0.2, 0.25) is 5.95 Å². The number of nitrogens with zero attached hydrogens (tertiary/aromatic N) is 4. The summed E-state index contributed by atoms with van der Waals surface area (Å²) < 4.78 is 92.1. The first-order valence-electron chi connectivity index (χ1n) is 13.0. The summed E-state index contributed by atoms with van der Waals surface area (Å²) in [5.74, 6) is 0.964. The molecule has 6 nitrogen and oxygen atoms in total. The number of ether oxygens (including phenoxy) is 2. The van der Waals surface area contributed by atoms with Crippen molar-refractivity contribution in [2.24, 2.45) is 0 Å². The van der Waals surface area contributed by atoms with Crippen LogP contribution >= 0.6 is 0 Å². The molecule has 0 spiro atoms. The van der Waals surface area contributed by atoms with Crippen LogP contribution in [-0.4, -0.2) is 57.1 Å². The highest BCUT2D eigenvalue weighted by atomic mass is 19.4. The predicted molar refractivity (Wildman–Crippen MR) is 145 cm³/mol. The van der Waals surface area contributed by atoms with E-state index < -0.39 is 23.5 Å². The lowest BCUT2D eigenvalue weighted by Gasteiger charge is -2.29. The van der Waals surface area contributed by atoms with E-state index in [1.165, 1.54) is 12.0 Å². The molecule has 219 valence electrons. The molecule has 2 heterocycles. The summed E-state index contributed by atoms with van der Waals surface area (Å²) in [5.41, 5.74) is -0.409. The summed E-state index contributed by atoms with van der Waals surface area (Å²) in [6.07, 6.45) is -6.63. The summed E-state index contributed by atoms with van der Waals surface area (Å²) >= 11 is 0. The van der Waals surface area contributed by atoms with Crippen molar-refractivity contribution in [3.8, 4) is 5.75 Å². The summed E-state index contributed by atoms with van der Waals surface area (Å²) in [7, 11) is 3.32. The molecule has 1 aliphatic heterocycles. The van der Waals surface area contributed by atoms with E-state index in [1.807, 2.05) is 36.9 Å². The third-order valence-electron chi connectivity index (χ3n) is 6.76. The minimum absolute atomic E-state index is 0.0897. The minimum atomic E-state index is -4.95. The molecule has 1 aliphatic rings. The molecule has 0 saturated carbocycles. The Labute approximate surface area is 235 Å². The molecular weight excluding hydrogens is 549 g/mol. The van der Waals surface area contributed by atoms with E-state index in [0.717, 1.165) is 28.8 Å².